The largest absolute Gasteiger partial charge is 0.493 e. The Morgan fingerprint density at radius 3 is 2.29 bits per heavy atom. The van der Waals surface area contributed by atoms with Crippen molar-refractivity contribution >= 4 is 28.3 Å². The monoisotopic (exact) mass is 352 g/mol. The fourth-order valence-corrected chi connectivity index (χ4v) is 2.40. The van der Waals surface area contributed by atoms with E-state index in [0.29, 0.717) is 22.4 Å². The van der Waals surface area contributed by atoms with E-state index in [1.807, 2.05) is 0 Å². The molecule has 1 aromatic heterocycles. The zero-order valence-corrected chi connectivity index (χ0v) is 14.1. The molecule has 0 radical (unpaired) electrons. The first-order valence-corrected chi connectivity index (χ1v) is 7.63. The average molecular weight is 352 g/mol. The van der Waals surface area contributed by atoms with Crippen LogP contribution in [0.5, 0.6) is 17.2 Å². The van der Waals surface area contributed by atoms with E-state index >= 15 is 0 Å². The molecule has 9 heteroatoms. The van der Waals surface area contributed by atoms with Gasteiger partial charge in [0.2, 0.25) is 5.75 Å². The van der Waals surface area contributed by atoms with Crippen molar-refractivity contribution in [2.24, 2.45) is 0 Å². The molecular weight excluding hydrogens is 336 g/mol. The molecule has 0 aliphatic carbocycles. The number of hydrogen-bond donors (Lipinski definition) is 1. The molecule has 0 saturated carbocycles. The van der Waals surface area contributed by atoms with Gasteiger partial charge < -0.3 is 18.9 Å². The second-order valence-electron chi connectivity index (χ2n) is 4.38. The summed E-state index contributed by atoms with van der Waals surface area (Å²) in [5.41, 5.74) is 0.173. The van der Waals surface area contributed by atoms with E-state index in [-0.39, 0.29) is 5.56 Å². The summed E-state index contributed by atoms with van der Waals surface area (Å²) in [5.74, 6) is -0.181. The molecule has 1 aromatic carbocycles. The van der Waals surface area contributed by atoms with Crippen LogP contribution in [-0.4, -0.2) is 44.8 Å². The van der Waals surface area contributed by atoms with Crippen molar-refractivity contribution in [1.82, 2.24) is 4.98 Å². The minimum atomic E-state index is -0.691. The molecular formula is C15H16N2O6S. The number of amides is 1. The number of methoxy groups -OCH3 is 3. The second kappa shape index (κ2) is 8.16. The highest BCUT2D eigenvalue weighted by Crippen LogP contribution is 2.38. The molecule has 8 nitrogen and oxygen atoms in total. The van der Waals surface area contributed by atoms with Gasteiger partial charge in [-0.25, -0.2) is 9.78 Å². The summed E-state index contributed by atoms with van der Waals surface area (Å²) in [4.78, 5) is 27.7. The van der Waals surface area contributed by atoms with Gasteiger partial charge in [-0.1, -0.05) is 0 Å². The predicted octanol–water partition coefficient (Wildman–Crippen LogP) is 1.96. The lowest BCUT2D eigenvalue weighted by atomic mass is 10.2. The first-order chi connectivity index (χ1) is 11.6. The Morgan fingerprint density at radius 1 is 1.12 bits per heavy atom. The normalized spacial score (nSPS) is 9.96. The van der Waals surface area contributed by atoms with Gasteiger partial charge in [-0.05, 0) is 12.1 Å². The predicted molar refractivity (Wildman–Crippen MR) is 87.1 cm³/mol. The van der Waals surface area contributed by atoms with E-state index < -0.39 is 18.5 Å². The smallest absolute Gasteiger partial charge is 0.338 e. The molecule has 1 amide bonds. The van der Waals surface area contributed by atoms with E-state index in [1.54, 1.807) is 11.6 Å². The number of esters is 1. The van der Waals surface area contributed by atoms with Crippen molar-refractivity contribution in [2.75, 3.05) is 33.3 Å². The maximum Gasteiger partial charge on any atom is 0.338 e. The van der Waals surface area contributed by atoms with E-state index in [2.05, 4.69) is 10.3 Å². The topological polar surface area (TPSA) is 96.0 Å². The molecule has 1 heterocycles. The quantitative estimate of drug-likeness (QED) is 0.761. The van der Waals surface area contributed by atoms with Gasteiger partial charge in [-0.15, -0.1) is 11.3 Å². The standard InChI is InChI=1S/C15H16N2O6S/c1-20-10-6-9(7-11(21-2)13(10)22-3)14(19)23-8-12(18)17-15-16-4-5-24-15/h4-7H,8H2,1-3H3,(H,16,17,18). The number of hydrogen-bond acceptors (Lipinski definition) is 8. The van der Waals surface area contributed by atoms with Gasteiger partial charge in [0.15, 0.2) is 23.2 Å². The SMILES string of the molecule is COc1cc(C(=O)OCC(=O)Nc2nccs2)cc(OC)c1OC. The number of nitrogens with one attached hydrogen (secondary N) is 1. The third-order valence-corrected chi connectivity index (χ3v) is 3.60. The molecule has 24 heavy (non-hydrogen) atoms. The van der Waals surface area contributed by atoms with Gasteiger partial charge in [-0.2, -0.15) is 0 Å². The van der Waals surface area contributed by atoms with Crippen LogP contribution in [0, 0.1) is 0 Å². The van der Waals surface area contributed by atoms with E-state index in [4.69, 9.17) is 18.9 Å². The van der Waals surface area contributed by atoms with E-state index in [9.17, 15) is 9.59 Å². The Kier molecular flexibility index (Phi) is 5.96. The van der Waals surface area contributed by atoms with Crippen LogP contribution in [0.4, 0.5) is 5.13 Å². The molecule has 0 aliphatic rings. The van der Waals surface area contributed by atoms with Crippen LogP contribution in [0.2, 0.25) is 0 Å². The minimum absolute atomic E-state index is 0.173. The van der Waals surface area contributed by atoms with Crippen LogP contribution in [0.15, 0.2) is 23.7 Å². The average Bonchev–Trinajstić information content (AvgIpc) is 3.11. The molecule has 0 spiro atoms. The molecule has 0 saturated heterocycles. The summed E-state index contributed by atoms with van der Waals surface area (Å²) in [7, 11) is 4.34. The van der Waals surface area contributed by atoms with Crippen LogP contribution < -0.4 is 19.5 Å². The van der Waals surface area contributed by atoms with Gasteiger partial charge >= 0.3 is 5.97 Å². The number of benzene rings is 1. The highest BCUT2D eigenvalue weighted by molar-refractivity contribution is 7.13. The van der Waals surface area contributed by atoms with Crippen molar-refractivity contribution in [3.8, 4) is 17.2 Å². The molecule has 0 unspecified atom stereocenters. The van der Waals surface area contributed by atoms with Gasteiger partial charge in [0.1, 0.15) is 0 Å². The first kappa shape index (κ1) is 17.5. The Balaban J connectivity index is 2.05. The molecule has 2 rings (SSSR count). The van der Waals surface area contributed by atoms with Gasteiger partial charge in [0.05, 0.1) is 26.9 Å². The number of carbonyl (C=O) groups excluding carboxylic acids is 2. The zero-order valence-electron chi connectivity index (χ0n) is 13.3. The number of ether oxygens (including phenoxy) is 4. The van der Waals surface area contributed by atoms with Gasteiger partial charge in [-0.3, -0.25) is 10.1 Å². The van der Waals surface area contributed by atoms with Crippen LogP contribution in [0.1, 0.15) is 10.4 Å². The highest BCUT2D eigenvalue weighted by atomic mass is 32.1. The third kappa shape index (κ3) is 4.13. The Labute approximate surface area is 142 Å². The van der Waals surface area contributed by atoms with E-state index in [0.717, 1.165) is 0 Å². The highest BCUT2D eigenvalue weighted by Gasteiger charge is 2.18. The second-order valence-corrected chi connectivity index (χ2v) is 5.27. The fourth-order valence-electron chi connectivity index (χ4n) is 1.85. The number of nitrogens with zero attached hydrogens (tertiary/aromatic N) is 1. The molecule has 0 fully saturated rings. The number of thiazole rings is 1. The van der Waals surface area contributed by atoms with Crippen molar-refractivity contribution in [1.29, 1.82) is 0 Å². The van der Waals surface area contributed by atoms with Crippen molar-refractivity contribution in [3.63, 3.8) is 0 Å². The summed E-state index contributed by atoms with van der Waals surface area (Å²) in [6.07, 6.45) is 1.56. The molecule has 0 bridgehead atoms. The summed E-state index contributed by atoms with van der Waals surface area (Å²) in [6.45, 7) is -0.435. The van der Waals surface area contributed by atoms with Crippen molar-refractivity contribution in [2.45, 2.75) is 0 Å². The summed E-state index contributed by atoms with van der Waals surface area (Å²) in [5, 5.41) is 4.67. The number of rotatable bonds is 7. The maximum atomic E-state index is 12.1. The third-order valence-electron chi connectivity index (χ3n) is 2.91. The lowest BCUT2D eigenvalue weighted by molar-refractivity contribution is -0.119. The molecule has 1 N–H and O–H groups in total. The minimum Gasteiger partial charge on any atom is -0.493 e. The van der Waals surface area contributed by atoms with Crippen LogP contribution in [0.25, 0.3) is 0 Å². The molecule has 128 valence electrons. The number of aromatic nitrogens is 1. The zero-order chi connectivity index (χ0) is 17.5. The van der Waals surface area contributed by atoms with Crippen molar-refractivity contribution < 1.29 is 28.5 Å². The van der Waals surface area contributed by atoms with Crippen molar-refractivity contribution in [3.05, 3.63) is 29.3 Å². The summed E-state index contributed by atoms with van der Waals surface area (Å²) < 4.78 is 20.5. The molecule has 2 aromatic rings. The Morgan fingerprint density at radius 2 is 1.79 bits per heavy atom. The number of anilines is 1. The van der Waals surface area contributed by atoms with Crippen LogP contribution >= 0.6 is 11.3 Å². The number of carbonyl (C=O) groups is 2. The maximum absolute atomic E-state index is 12.1. The van der Waals surface area contributed by atoms with Gasteiger partial charge in [0, 0.05) is 11.6 Å². The Hall–Kier alpha value is -2.81. The fraction of sp³-hybridized carbons (Fsp3) is 0.267. The Bertz CT molecular complexity index is 692. The van der Waals surface area contributed by atoms with Gasteiger partial charge in [0.25, 0.3) is 5.91 Å². The lowest BCUT2D eigenvalue weighted by Crippen LogP contribution is -2.20. The molecule has 0 atom stereocenters. The van der Waals surface area contributed by atoms with E-state index in [1.165, 1.54) is 44.8 Å². The lowest BCUT2D eigenvalue weighted by Gasteiger charge is -2.13. The molecule has 0 aliphatic heterocycles. The van der Waals surface area contributed by atoms with Crippen LogP contribution in [-0.2, 0) is 9.53 Å². The summed E-state index contributed by atoms with van der Waals surface area (Å²) >= 11 is 1.27. The summed E-state index contributed by atoms with van der Waals surface area (Å²) in [6, 6.07) is 2.89. The van der Waals surface area contributed by atoms with Crippen LogP contribution in [0.3, 0.4) is 0 Å². The first-order valence-electron chi connectivity index (χ1n) is 6.75.